The number of nitrogens with zero attached hydrogens (tertiary/aromatic N) is 1. The van der Waals surface area contributed by atoms with Crippen LogP contribution in [0.5, 0.6) is 0 Å². The fraction of sp³-hybridized carbons (Fsp3) is 0.375. The molecule has 0 N–H and O–H groups in total. The maximum absolute atomic E-state index is 13.3. The van der Waals surface area contributed by atoms with Crippen LogP contribution in [0.2, 0.25) is 0 Å². The van der Waals surface area contributed by atoms with Gasteiger partial charge in [0.2, 0.25) is 10.0 Å². The fourth-order valence-electron chi connectivity index (χ4n) is 2.86. The van der Waals surface area contributed by atoms with Crippen molar-refractivity contribution >= 4 is 21.4 Å². The topological polar surface area (TPSA) is 37.4 Å². The number of hydrogen-bond acceptors (Lipinski definition) is 3. The van der Waals surface area contributed by atoms with Gasteiger partial charge in [0.05, 0.1) is 4.90 Å². The molecule has 2 heterocycles. The number of benzene rings is 1. The number of aryl methyl sites for hydroxylation is 1. The Labute approximate surface area is 134 Å². The lowest BCUT2D eigenvalue weighted by Crippen LogP contribution is -2.37. The maximum atomic E-state index is 13.3. The summed E-state index contributed by atoms with van der Waals surface area (Å²) in [5.41, 5.74) is 1.66. The second-order valence-electron chi connectivity index (χ2n) is 5.65. The van der Waals surface area contributed by atoms with E-state index in [1.165, 1.54) is 28.1 Å². The smallest absolute Gasteiger partial charge is 0.207 e. The van der Waals surface area contributed by atoms with Crippen LogP contribution < -0.4 is 0 Å². The van der Waals surface area contributed by atoms with Crippen molar-refractivity contribution in [2.75, 3.05) is 13.1 Å². The first-order valence-electron chi connectivity index (χ1n) is 7.27. The largest absolute Gasteiger partial charge is 0.243 e. The maximum Gasteiger partial charge on any atom is 0.243 e. The van der Waals surface area contributed by atoms with E-state index >= 15 is 0 Å². The Morgan fingerprint density at radius 2 is 1.95 bits per heavy atom. The summed E-state index contributed by atoms with van der Waals surface area (Å²) in [6.45, 7) is 2.61. The molecule has 2 aromatic rings. The molecule has 0 bridgehead atoms. The van der Waals surface area contributed by atoms with Crippen molar-refractivity contribution in [1.29, 1.82) is 0 Å². The molecule has 1 saturated heterocycles. The average Bonchev–Trinajstić information content (AvgIpc) is 3.04. The van der Waals surface area contributed by atoms with Gasteiger partial charge in [0, 0.05) is 13.1 Å². The molecule has 1 aliphatic heterocycles. The number of hydrogen-bond donors (Lipinski definition) is 0. The molecule has 6 heteroatoms. The van der Waals surface area contributed by atoms with Crippen LogP contribution in [0.3, 0.4) is 0 Å². The quantitative estimate of drug-likeness (QED) is 0.854. The number of piperidine rings is 1. The predicted molar refractivity (Wildman–Crippen MR) is 86.2 cm³/mol. The van der Waals surface area contributed by atoms with Crippen LogP contribution in [0.4, 0.5) is 4.39 Å². The summed E-state index contributed by atoms with van der Waals surface area (Å²) in [6.07, 6.45) is 1.66. The van der Waals surface area contributed by atoms with Gasteiger partial charge in [-0.05, 0) is 71.8 Å². The van der Waals surface area contributed by atoms with Crippen molar-refractivity contribution in [3.8, 4) is 0 Å². The zero-order valence-corrected chi connectivity index (χ0v) is 14.0. The predicted octanol–water partition coefficient (Wildman–Crippen LogP) is 3.76. The Morgan fingerprint density at radius 1 is 1.23 bits per heavy atom. The lowest BCUT2D eigenvalue weighted by atomic mass is 9.92. The van der Waals surface area contributed by atoms with Gasteiger partial charge in [0.1, 0.15) is 5.82 Å². The molecule has 0 amide bonds. The van der Waals surface area contributed by atoms with Crippen LogP contribution in [0.25, 0.3) is 0 Å². The number of rotatable bonds is 3. The second-order valence-corrected chi connectivity index (χ2v) is 8.36. The highest BCUT2D eigenvalue weighted by Crippen LogP contribution is 2.31. The molecule has 0 unspecified atom stereocenters. The Hall–Kier alpha value is -1.24. The van der Waals surface area contributed by atoms with Gasteiger partial charge in [-0.15, -0.1) is 0 Å². The molecule has 1 aliphatic rings. The zero-order valence-electron chi connectivity index (χ0n) is 12.3. The molecule has 0 spiro atoms. The first kappa shape index (κ1) is 15.6. The zero-order chi connectivity index (χ0) is 15.7. The van der Waals surface area contributed by atoms with Crippen LogP contribution in [0.15, 0.2) is 39.9 Å². The molecule has 0 aliphatic carbocycles. The summed E-state index contributed by atoms with van der Waals surface area (Å²) in [5.74, 6) is 0.0581. The molecule has 1 aromatic carbocycles. The van der Waals surface area contributed by atoms with Gasteiger partial charge in [-0.1, -0.05) is 0 Å². The first-order chi connectivity index (χ1) is 10.5. The minimum Gasteiger partial charge on any atom is -0.207 e. The van der Waals surface area contributed by atoms with Crippen LogP contribution >= 0.6 is 11.3 Å². The van der Waals surface area contributed by atoms with Crippen LogP contribution in [0.1, 0.15) is 29.9 Å². The van der Waals surface area contributed by atoms with Gasteiger partial charge in [-0.3, -0.25) is 0 Å². The highest BCUT2D eigenvalue weighted by atomic mass is 32.2. The summed E-state index contributed by atoms with van der Waals surface area (Å²) in [5, 5.41) is 4.19. The molecule has 22 heavy (non-hydrogen) atoms. The van der Waals surface area contributed by atoms with Gasteiger partial charge in [-0.2, -0.15) is 15.6 Å². The molecule has 0 radical (unpaired) electrons. The Morgan fingerprint density at radius 3 is 2.55 bits per heavy atom. The van der Waals surface area contributed by atoms with E-state index in [0.29, 0.717) is 24.6 Å². The summed E-state index contributed by atoms with van der Waals surface area (Å²) >= 11 is 1.67. The average molecular weight is 339 g/mol. The summed E-state index contributed by atoms with van der Waals surface area (Å²) < 4.78 is 40.1. The van der Waals surface area contributed by atoms with Crippen molar-refractivity contribution in [2.24, 2.45) is 0 Å². The molecule has 0 atom stereocenters. The number of halogens is 1. The van der Waals surface area contributed by atoms with E-state index in [2.05, 4.69) is 16.8 Å². The van der Waals surface area contributed by atoms with E-state index in [-0.39, 0.29) is 10.7 Å². The van der Waals surface area contributed by atoms with Gasteiger partial charge in [-0.25, -0.2) is 12.8 Å². The van der Waals surface area contributed by atoms with Gasteiger partial charge in [0.15, 0.2) is 0 Å². The third-order valence-corrected chi connectivity index (χ3v) is 6.83. The van der Waals surface area contributed by atoms with Gasteiger partial charge >= 0.3 is 0 Å². The van der Waals surface area contributed by atoms with Crippen molar-refractivity contribution in [2.45, 2.75) is 30.6 Å². The monoisotopic (exact) mass is 339 g/mol. The van der Waals surface area contributed by atoms with E-state index in [1.807, 2.05) is 0 Å². The third-order valence-electron chi connectivity index (χ3n) is 4.24. The van der Waals surface area contributed by atoms with Gasteiger partial charge < -0.3 is 0 Å². The molecular formula is C16H18FNO2S2. The SMILES string of the molecule is Cc1cc(S(=O)(=O)N2CCC(c3ccsc3)CC2)ccc1F. The third kappa shape index (κ3) is 2.95. The molecule has 0 saturated carbocycles. The Kier molecular flexibility index (Phi) is 4.34. The van der Waals surface area contributed by atoms with E-state index in [9.17, 15) is 12.8 Å². The van der Waals surface area contributed by atoms with Crippen LogP contribution in [-0.4, -0.2) is 25.8 Å². The minimum atomic E-state index is -3.52. The minimum absolute atomic E-state index is 0.181. The molecule has 118 valence electrons. The molecule has 1 fully saturated rings. The van der Waals surface area contributed by atoms with Crippen molar-refractivity contribution in [1.82, 2.24) is 4.31 Å². The van der Waals surface area contributed by atoms with E-state index < -0.39 is 10.0 Å². The molecular weight excluding hydrogens is 321 g/mol. The normalized spacial score (nSPS) is 17.7. The summed E-state index contributed by atoms with van der Waals surface area (Å²) in [4.78, 5) is 0.181. The van der Waals surface area contributed by atoms with Gasteiger partial charge in [0.25, 0.3) is 0 Å². The Bertz CT molecular complexity index is 748. The fourth-order valence-corrected chi connectivity index (χ4v) is 5.16. The first-order valence-corrected chi connectivity index (χ1v) is 9.65. The van der Waals surface area contributed by atoms with Crippen LogP contribution in [-0.2, 0) is 10.0 Å². The van der Waals surface area contributed by atoms with Crippen molar-refractivity contribution in [3.05, 3.63) is 52.0 Å². The molecule has 3 nitrogen and oxygen atoms in total. The Balaban J connectivity index is 1.75. The number of sulfonamides is 1. The molecule has 3 rings (SSSR count). The van der Waals surface area contributed by atoms with Crippen molar-refractivity contribution in [3.63, 3.8) is 0 Å². The van der Waals surface area contributed by atoms with E-state index in [1.54, 1.807) is 18.3 Å². The summed E-state index contributed by atoms with van der Waals surface area (Å²) in [6, 6.07) is 6.10. The van der Waals surface area contributed by atoms with E-state index in [4.69, 9.17) is 0 Å². The van der Waals surface area contributed by atoms with Crippen LogP contribution in [0, 0.1) is 12.7 Å². The lowest BCUT2D eigenvalue weighted by molar-refractivity contribution is 0.320. The standard InChI is InChI=1S/C16H18FNO2S2/c1-12-10-15(2-3-16(12)17)22(19,20)18-7-4-13(5-8-18)14-6-9-21-11-14/h2-3,6,9-11,13H,4-5,7-8H2,1H3. The summed E-state index contributed by atoms with van der Waals surface area (Å²) in [7, 11) is -3.52. The highest BCUT2D eigenvalue weighted by molar-refractivity contribution is 7.89. The van der Waals surface area contributed by atoms with Crippen molar-refractivity contribution < 1.29 is 12.8 Å². The number of thiophene rings is 1. The lowest BCUT2D eigenvalue weighted by Gasteiger charge is -2.31. The second kappa shape index (κ2) is 6.10. The molecule has 1 aromatic heterocycles. The van der Waals surface area contributed by atoms with E-state index in [0.717, 1.165) is 12.8 Å². The highest BCUT2D eigenvalue weighted by Gasteiger charge is 2.30.